The Morgan fingerprint density at radius 1 is 1.20 bits per heavy atom. The molecule has 2 aromatic rings. The van der Waals surface area contributed by atoms with Gasteiger partial charge in [-0.2, -0.15) is 0 Å². The van der Waals surface area contributed by atoms with Crippen molar-refractivity contribution in [1.29, 1.82) is 0 Å². The number of aromatic nitrogens is 3. The van der Waals surface area contributed by atoms with Gasteiger partial charge < -0.3 is 14.9 Å². The van der Waals surface area contributed by atoms with Gasteiger partial charge in [-0.15, -0.1) is 5.10 Å². The Hall–Kier alpha value is -2.81. The first-order valence-electron chi connectivity index (χ1n) is 10.7. The Balaban J connectivity index is 1.50. The lowest BCUT2D eigenvalue weighted by atomic mass is 9.98. The van der Waals surface area contributed by atoms with Crippen LogP contribution in [0, 0.1) is 12.8 Å². The fourth-order valence-electron chi connectivity index (χ4n) is 3.71. The SMILES string of the molecule is Cc1nc(/C(N)=C(\Nc2nnc(CC3CC3)o2)N(C)N)ccc1OC1CCCCC1. The number of anilines is 1. The highest BCUT2D eigenvalue weighted by atomic mass is 16.5. The molecule has 0 atom stereocenters. The van der Waals surface area contributed by atoms with E-state index >= 15 is 0 Å². The number of hydrazine groups is 1. The maximum Gasteiger partial charge on any atom is 0.321 e. The molecule has 2 heterocycles. The van der Waals surface area contributed by atoms with E-state index < -0.39 is 0 Å². The van der Waals surface area contributed by atoms with Crippen LogP contribution in [-0.4, -0.2) is 33.3 Å². The van der Waals surface area contributed by atoms with E-state index in [9.17, 15) is 0 Å². The fourth-order valence-corrected chi connectivity index (χ4v) is 3.71. The Labute approximate surface area is 176 Å². The summed E-state index contributed by atoms with van der Waals surface area (Å²) >= 11 is 0. The van der Waals surface area contributed by atoms with Crippen LogP contribution in [0.3, 0.4) is 0 Å². The largest absolute Gasteiger partial charge is 0.489 e. The first-order chi connectivity index (χ1) is 14.5. The van der Waals surface area contributed by atoms with Crippen molar-refractivity contribution in [2.24, 2.45) is 17.5 Å². The van der Waals surface area contributed by atoms with Crippen molar-refractivity contribution in [3.8, 4) is 5.75 Å². The third kappa shape index (κ3) is 5.02. The van der Waals surface area contributed by atoms with E-state index in [0.29, 0.717) is 29.0 Å². The maximum absolute atomic E-state index is 6.39. The van der Waals surface area contributed by atoms with E-state index in [2.05, 4.69) is 20.5 Å². The first-order valence-corrected chi connectivity index (χ1v) is 10.7. The number of nitrogens with two attached hydrogens (primary N) is 2. The lowest BCUT2D eigenvalue weighted by Crippen LogP contribution is -2.32. The van der Waals surface area contributed by atoms with Crippen LogP contribution >= 0.6 is 0 Å². The summed E-state index contributed by atoms with van der Waals surface area (Å²) in [4.78, 5) is 4.64. The zero-order valence-corrected chi connectivity index (χ0v) is 17.7. The predicted octanol–water partition coefficient (Wildman–Crippen LogP) is 2.94. The number of hydrogen-bond acceptors (Lipinski definition) is 9. The molecule has 4 rings (SSSR count). The van der Waals surface area contributed by atoms with E-state index in [4.69, 9.17) is 20.7 Å². The number of nitrogens with zero attached hydrogens (tertiary/aromatic N) is 4. The van der Waals surface area contributed by atoms with E-state index in [0.717, 1.165) is 30.7 Å². The Bertz CT molecular complexity index is 899. The second-order valence-corrected chi connectivity index (χ2v) is 8.30. The molecular weight excluding hydrogens is 382 g/mol. The van der Waals surface area contributed by atoms with Gasteiger partial charge in [0.15, 0.2) is 0 Å². The molecule has 0 amide bonds. The summed E-state index contributed by atoms with van der Waals surface area (Å²) in [5.41, 5.74) is 8.17. The summed E-state index contributed by atoms with van der Waals surface area (Å²) in [5.74, 6) is 8.52. The molecule has 162 valence electrons. The highest BCUT2D eigenvalue weighted by Gasteiger charge is 2.25. The molecule has 5 N–H and O–H groups in total. The molecule has 0 aromatic carbocycles. The number of pyridine rings is 1. The molecule has 2 aliphatic carbocycles. The van der Waals surface area contributed by atoms with Crippen LogP contribution in [0.2, 0.25) is 0 Å². The Kier molecular flexibility index (Phi) is 6.08. The zero-order chi connectivity index (χ0) is 21.1. The average molecular weight is 414 g/mol. The minimum Gasteiger partial charge on any atom is -0.489 e. The van der Waals surface area contributed by atoms with Crippen LogP contribution in [0.5, 0.6) is 5.75 Å². The number of hydrogen-bond donors (Lipinski definition) is 3. The molecule has 2 aromatic heterocycles. The van der Waals surface area contributed by atoms with Crippen molar-refractivity contribution >= 4 is 11.7 Å². The van der Waals surface area contributed by atoms with E-state index in [1.807, 2.05) is 19.1 Å². The summed E-state index contributed by atoms with van der Waals surface area (Å²) in [6.07, 6.45) is 9.46. The molecule has 2 saturated carbocycles. The van der Waals surface area contributed by atoms with Crippen molar-refractivity contribution in [3.63, 3.8) is 0 Å². The molecule has 0 radical (unpaired) electrons. The lowest BCUT2D eigenvalue weighted by molar-refractivity contribution is 0.153. The summed E-state index contributed by atoms with van der Waals surface area (Å²) in [6, 6.07) is 4.03. The van der Waals surface area contributed by atoms with Crippen molar-refractivity contribution in [2.45, 2.75) is 64.4 Å². The van der Waals surface area contributed by atoms with Crippen LogP contribution in [0.25, 0.3) is 5.70 Å². The third-order valence-electron chi connectivity index (χ3n) is 5.62. The summed E-state index contributed by atoms with van der Waals surface area (Å²) in [7, 11) is 1.68. The van der Waals surface area contributed by atoms with Crippen molar-refractivity contribution in [3.05, 3.63) is 35.2 Å². The lowest BCUT2D eigenvalue weighted by Gasteiger charge is -2.24. The number of nitrogens with one attached hydrogen (secondary N) is 1. The molecule has 0 bridgehead atoms. The van der Waals surface area contributed by atoms with Crippen LogP contribution in [-0.2, 0) is 6.42 Å². The molecule has 2 fully saturated rings. The van der Waals surface area contributed by atoms with Crippen LogP contribution in [0.1, 0.15) is 62.2 Å². The average Bonchev–Trinajstić information content (AvgIpc) is 3.44. The molecule has 0 aliphatic heterocycles. The number of aryl methyl sites for hydroxylation is 1. The van der Waals surface area contributed by atoms with Crippen molar-refractivity contribution < 1.29 is 9.15 Å². The minimum atomic E-state index is 0.259. The topological polar surface area (TPSA) is 128 Å². The van der Waals surface area contributed by atoms with Crippen LogP contribution < -0.4 is 21.6 Å². The highest BCUT2D eigenvalue weighted by molar-refractivity contribution is 5.65. The normalized spacial score (nSPS) is 18.1. The molecule has 0 saturated heterocycles. The summed E-state index contributed by atoms with van der Waals surface area (Å²) < 4.78 is 11.8. The predicted molar refractivity (Wildman–Crippen MR) is 114 cm³/mol. The molecule has 2 aliphatic rings. The van der Waals surface area contributed by atoms with Gasteiger partial charge >= 0.3 is 6.01 Å². The van der Waals surface area contributed by atoms with E-state index in [1.165, 1.54) is 37.1 Å². The second-order valence-electron chi connectivity index (χ2n) is 8.30. The van der Waals surface area contributed by atoms with Gasteiger partial charge in [-0.05, 0) is 63.5 Å². The fraction of sp³-hybridized carbons (Fsp3) is 0.571. The first kappa shape index (κ1) is 20.5. The molecule has 30 heavy (non-hydrogen) atoms. The zero-order valence-electron chi connectivity index (χ0n) is 17.7. The molecular formula is C21H31N7O2. The number of ether oxygens (including phenoxy) is 1. The van der Waals surface area contributed by atoms with Crippen LogP contribution in [0.15, 0.2) is 22.4 Å². The molecule has 9 heteroatoms. The molecule has 0 spiro atoms. The van der Waals surface area contributed by atoms with Crippen LogP contribution in [0.4, 0.5) is 6.01 Å². The second kappa shape index (κ2) is 8.91. The quantitative estimate of drug-likeness (QED) is 0.442. The molecule has 9 nitrogen and oxygen atoms in total. The van der Waals surface area contributed by atoms with E-state index in [-0.39, 0.29) is 12.1 Å². The van der Waals surface area contributed by atoms with Gasteiger partial charge in [0.25, 0.3) is 0 Å². The maximum atomic E-state index is 6.39. The van der Waals surface area contributed by atoms with Gasteiger partial charge in [-0.1, -0.05) is 11.5 Å². The Morgan fingerprint density at radius 3 is 2.63 bits per heavy atom. The van der Waals surface area contributed by atoms with Gasteiger partial charge in [0.1, 0.15) is 17.3 Å². The number of rotatable bonds is 8. The summed E-state index contributed by atoms with van der Waals surface area (Å²) in [6.45, 7) is 1.93. The Morgan fingerprint density at radius 2 is 1.97 bits per heavy atom. The van der Waals surface area contributed by atoms with Crippen molar-refractivity contribution in [2.75, 3.05) is 12.4 Å². The van der Waals surface area contributed by atoms with Gasteiger partial charge in [0, 0.05) is 13.5 Å². The van der Waals surface area contributed by atoms with Crippen molar-refractivity contribution in [1.82, 2.24) is 20.2 Å². The highest BCUT2D eigenvalue weighted by Crippen LogP contribution is 2.32. The van der Waals surface area contributed by atoms with Gasteiger partial charge in [0.2, 0.25) is 5.89 Å². The standard InChI is InChI=1S/C21H31N7O2/c1-13-17(29-15-6-4-3-5-7-15)11-10-16(24-13)19(22)20(28(2)23)25-21-27-26-18(30-21)12-14-8-9-14/h10-11,14-15H,3-9,12,22-23H2,1-2H3,(H,25,27)/b20-19-. The monoisotopic (exact) mass is 413 g/mol. The smallest absolute Gasteiger partial charge is 0.321 e. The third-order valence-corrected chi connectivity index (χ3v) is 5.62. The molecule has 0 unspecified atom stereocenters. The van der Waals surface area contributed by atoms with Gasteiger partial charge in [-0.3, -0.25) is 10.3 Å². The minimum absolute atomic E-state index is 0.259. The summed E-state index contributed by atoms with van der Waals surface area (Å²) in [5, 5.41) is 12.6. The van der Waals surface area contributed by atoms with Gasteiger partial charge in [0.05, 0.1) is 17.5 Å². The van der Waals surface area contributed by atoms with E-state index in [1.54, 1.807) is 7.05 Å². The van der Waals surface area contributed by atoms with Gasteiger partial charge in [-0.25, -0.2) is 10.8 Å².